The fourth-order valence-electron chi connectivity index (χ4n) is 3.55. The van der Waals surface area contributed by atoms with Gasteiger partial charge in [-0.3, -0.25) is 0 Å². The van der Waals surface area contributed by atoms with Crippen LogP contribution in [0, 0.1) is 0 Å². The second kappa shape index (κ2) is 8.97. The van der Waals surface area contributed by atoms with Crippen LogP contribution in [-0.4, -0.2) is 102 Å². The van der Waals surface area contributed by atoms with Gasteiger partial charge < -0.3 is 0 Å². The molecule has 0 nitrogen and oxygen atoms in total. The van der Waals surface area contributed by atoms with Crippen LogP contribution in [0.3, 0.4) is 0 Å². The van der Waals surface area contributed by atoms with Crippen molar-refractivity contribution in [2.75, 3.05) is 0 Å². The molecule has 32 heavy (non-hydrogen) atoms. The summed E-state index contributed by atoms with van der Waals surface area (Å²) < 4.78 is 0.312. The normalized spacial score (nSPS) is 11.0. The summed E-state index contributed by atoms with van der Waals surface area (Å²) >= 11 is 3.29. The van der Waals surface area contributed by atoms with Gasteiger partial charge in [-0.15, -0.1) is 21.9 Å². The largest absolute Gasteiger partial charge is 0.116 e. The third-order valence-electron chi connectivity index (χ3n) is 5.45. The number of halogens is 1. The Kier molecular flexibility index (Phi) is 7.18. The summed E-state index contributed by atoms with van der Waals surface area (Å²) in [4.78, 5) is 0. The Morgan fingerprint density at radius 1 is 0.250 bits per heavy atom. The van der Waals surface area contributed by atoms with E-state index in [2.05, 4.69) is 15.9 Å². The molecule has 0 aliphatic carbocycles. The van der Waals surface area contributed by atoms with E-state index < -0.39 is 0 Å². The highest BCUT2D eigenvalue weighted by Crippen LogP contribution is 2.15. The van der Waals surface area contributed by atoms with Crippen LogP contribution in [0.5, 0.6) is 0 Å². The van der Waals surface area contributed by atoms with Crippen molar-refractivity contribution >= 4 is 189 Å². The zero-order valence-electron chi connectivity index (χ0n) is 16.9. The Labute approximate surface area is 214 Å². The van der Waals surface area contributed by atoms with Gasteiger partial charge in [-0.1, -0.05) is 65.1 Å². The lowest BCUT2D eigenvalue weighted by Crippen LogP contribution is -2.57. The molecule has 0 bridgehead atoms. The van der Waals surface area contributed by atoms with E-state index in [1.165, 1.54) is 0 Å². The van der Waals surface area contributed by atoms with Crippen molar-refractivity contribution in [3.05, 3.63) is 4.47 Å². The molecule has 0 atom stereocenters. The molecule has 0 aromatic heterocycles. The van der Waals surface area contributed by atoms with E-state index in [1.807, 2.05) is 0 Å². The van der Waals surface area contributed by atoms with E-state index >= 15 is 0 Å². The topological polar surface area (TPSA) is 0 Å². The third kappa shape index (κ3) is 3.64. The van der Waals surface area contributed by atoms with Gasteiger partial charge in [0.2, 0.25) is 0 Å². The molecule has 0 saturated heterocycles. The molecular formula is C18B13Br. The number of rotatable bonds is 2. The highest BCUT2D eigenvalue weighted by atomic mass is 79.9. The summed E-state index contributed by atoms with van der Waals surface area (Å²) in [6.45, 7) is 0. The van der Waals surface area contributed by atoms with Crippen LogP contribution in [0.15, 0.2) is 4.47 Å². The summed E-state index contributed by atoms with van der Waals surface area (Å²) in [7, 11) is 80.0. The predicted octanol–water partition coefficient (Wildman–Crippen LogP) is -9.90. The average molecular weight is 437 g/mol. The van der Waals surface area contributed by atoms with Crippen molar-refractivity contribution in [1.29, 1.82) is 0 Å². The predicted molar refractivity (Wildman–Crippen MR) is 155 cm³/mol. The highest BCUT2D eigenvalue weighted by Gasteiger charge is 2.22. The molecule has 26 radical (unpaired) electrons. The molecule has 3 aromatic carbocycles. The Bertz CT molecular complexity index is 1130. The molecule has 3 aromatic rings. The van der Waals surface area contributed by atoms with Crippen LogP contribution in [0.2, 0.25) is 0 Å². The van der Waals surface area contributed by atoms with Gasteiger partial charge in [0.15, 0.2) is 0 Å². The van der Waals surface area contributed by atoms with Crippen molar-refractivity contribution in [1.82, 2.24) is 0 Å². The lowest BCUT2D eigenvalue weighted by molar-refractivity contribution is 1.81. The first-order valence-electron chi connectivity index (χ1n) is 8.94. The van der Waals surface area contributed by atoms with Crippen LogP contribution < -0.4 is 71.0 Å². The van der Waals surface area contributed by atoms with E-state index in [9.17, 15) is 0 Å². The first-order chi connectivity index (χ1) is 14.7. The van der Waals surface area contributed by atoms with Gasteiger partial charge in [-0.2, -0.15) is 0 Å². The third-order valence-corrected chi connectivity index (χ3v) is 6.30. The molecule has 0 aliphatic rings. The van der Waals surface area contributed by atoms with Gasteiger partial charge in [0.05, 0.1) is 0 Å². The zero-order valence-corrected chi connectivity index (χ0v) is 18.5. The first kappa shape index (κ1) is 25.6. The van der Waals surface area contributed by atoms with Crippen molar-refractivity contribution in [3.63, 3.8) is 0 Å². The second-order valence-electron chi connectivity index (χ2n) is 7.19. The summed E-state index contributed by atoms with van der Waals surface area (Å²) in [5, 5.41) is 0. The SMILES string of the molecule is [B]c1c([B])c([B])c(-c2c([B])c([B])c(-c3c([B])c([B])c([B])c(Br)c3[B])c([B])c2[B])c([B])c1[B]. The molecule has 0 fully saturated rings. The van der Waals surface area contributed by atoms with E-state index in [4.69, 9.17) is 102 Å². The van der Waals surface area contributed by atoms with Crippen LogP contribution in [0.1, 0.15) is 0 Å². The van der Waals surface area contributed by atoms with Gasteiger partial charge in [-0.25, -0.2) is 0 Å². The first-order valence-corrected chi connectivity index (χ1v) is 9.73. The maximum absolute atomic E-state index is 6.38. The number of benzene rings is 3. The highest BCUT2D eigenvalue weighted by molar-refractivity contribution is 9.10. The summed E-state index contributed by atoms with van der Waals surface area (Å²) in [6, 6.07) is 0. The molecule has 0 amide bonds. The Morgan fingerprint density at radius 2 is 0.438 bits per heavy atom. The van der Waals surface area contributed by atoms with Crippen LogP contribution in [-0.2, 0) is 0 Å². The van der Waals surface area contributed by atoms with Crippen molar-refractivity contribution < 1.29 is 0 Å². The van der Waals surface area contributed by atoms with Crippen LogP contribution in [0.4, 0.5) is 0 Å². The Hall–Kier alpha value is -1.02. The van der Waals surface area contributed by atoms with Crippen molar-refractivity contribution in [2.45, 2.75) is 0 Å². The Balaban J connectivity index is 2.50. The monoisotopic (exact) mass is 438 g/mol. The summed E-state index contributed by atoms with van der Waals surface area (Å²) in [6.07, 6.45) is 0. The van der Waals surface area contributed by atoms with E-state index in [0.717, 1.165) is 0 Å². The zero-order chi connectivity index (χ0) is 24.4. The maximum Gasteiger partial charge on any atom is 0.116 e. The van der Waals surface area contributed by atoms with Gasteiger partial charge in [0.25, 0.3) is 0 Å². The van der Waals surface area contributed by atoms with E-state index in [0.29, 0.717) is 4.47 Å². The fourth-order valence-corrected chi connectivity index (χ4v) is 3.97. The van der Waals surface area contributed by atoms with Crippen LogP contribution in [0.25, 0.3) is 22.3 Å². The van der Waals surface area contributed by atoms with Crippen molar-refractivity contribution in [3.8, 4) is 22.3 Å². The molecule has 0 heterocycles. The second-order valence-corrected chi connectivity index (χ2v) is 7.98. The van der Waals surface area contributed by atoms with Crippen LogP contribution >= 0.6 is 15.9 Å². The van der Waals surface area contributed by atoms with E-state index in [-0.39, 0.29) is 93.3 Å². The molecule has 0 N–H and O–H groups in total. The average Bonchev–Trinajstić information content (AvgIpc) is 2.76. The molecule has 118 valence electrons. The van der Waals surface area contributed by atoms with E-state index in [1.54, 1.807) is 0 Å². The summed E-state index contributed by atoms with van der Waals surface area (Å²) in [5.41, 5.74) is 1.11. The van der Waals surface area contributed by atoms with Gasteiger partial charge in [-0.05, 0) is 22.3 Å². The molecule has 0 aliphatic heterocycles. The van der Waals surface area contributed by atoms with Crippen molar-refractivity contribution in [2.24, 2.45) is 0 Å². The molecule has 3 rings (SSSR count). The maximum atomic E-state index is 6.38. The number of hydrogen-bond donors (Lipinski definition) is 0. The summed E-state index contributed by atoms with van der Waals surface area (Å²) in [5.74, 6) is 0. The minimum absolute atomic E-state index is 0.00561. The molecular weight excluding hydrogens is 437 g/mol. The van der Waals surface area contributed by atoms with Gasteiger partial charge >= 0.3 is 0 Å². The molecule has 0 spiro atoms. The molecule has 0 unspecified atom stereocenters. The van der Waals surface area contributed by atoms with Gasteiger partial charge in [0.1, 0.15) is 102 Å². The minimum Gasteiger partial charge on any atom is -0.112 e. The minimum atomic E-state index is -0.0148. The smallest absolute Gasteiger partial charge is 0.112 e. The lowest BCUT2D eigenvalue weighted by atomic mass is 9.55. The fraction of sp³-hybridized carbons (Fsp3) is 0. The number of hydrogen-bond acceptors (Lipinski definition) is 0. The molecule has 14 heteroatoms. The quantitative estimate of drug-likeness (QED) is 0.350. The molecule has 0 saturated carbocycles. The standard InChI is InChI=1S/C18B13Br/c19-5-1(2-9(23)13(27)16(30)14(28)10(2)24)6(20)8(22)3(7(5)21)4-11(25)15(29)17(31)18(32)12(4)26. The Morgan fingerprint density at radius 3 is 0.750 bits per heavy atom. The lowest BCUT2D eigenvalue weighted by Gasteiger charge is -2.30. The van der Waals surface area contributed by atoms with Gasteiger partial charge in [0, 0.05) is 4.47 Å².